The molecular formula is C18H15ClN3O5S+. The maximum atomic E-state index is 12.2. The normalized spacial score (nSPS) is 10.6. The highest BCUT2D eigenvalue weighted by Crippen LogP contribution is 2.21. The van der Waals surface area contributed by atoms with E-state index >= 15 is 0 Å². The first-order valence-corrected chi connectivity index (χ1v) is 9.37. The van der Waals surface area contributed by atoms with Crippen LogP contribution in [0.3, 0.4) is 0 Å². The van der Waals surface area contributed by atoms with E-state index in [1.807, 2.05) is 31.2 Å². The molecule has 0 spiro atoms. The number of aromatic carboxylic acids is 1. The number of benzene rings is 2. The molecule has 0 saturated carbocycles. The second-order valence-electron chi connectivity index (χ2n) is 5.79. The Labute approximate surface area is 168 Å². The van der Waals surface area contributed by atoms with Gasteiger partial charge in [0.25, 0.3) is 0 Å². The van der Waals surface area contributed by atoms with E-state index in [0.717, 1.165) is 17.3 Å². The molecule has 144 valence electrons. The molecule has 1 aromatic heterocycles. The van der Waals surface area contributed by atoms with Crippen LogP contribution in [0.4, 0.5) is 5.69 Å². The highest BCUT2D eigenvalue weighted by Gasteiger charge is 2.25. The van der Waals surface area contributed by atoms with Gasteiger partial charge in [0.2, 0.25) is 11.6 Å². The van der Waals surface area contributed by atoms with Crippen molar-refractivity contribution in [3.05, 3.63) is 69.0 Å². The number of thioether (sulfide) groups is 1. The van der Waals surface area contributed by atoms with Gasteiger partial charge in [0.05, 0.1) is 16.3 Å². The molecule has 0 aliphatic carbocycles. The zero-order valence-corrected chi connectivity index (χ0v) is 16.1. The molecular weight excluding hydrogens is 406 g/mol. The summed E-state index contributed by atoms with van der Waals surface area (Å²) in [5, 5.41) is 14.5. The molecule has 0 saturated heterocycles. The van der Waals surface area contributed by atoms with Gasteiger partial charge < -0.3 is 10.4 Å². The average Bonchev–Trinajstić information content (AvgIpc) is 3.02. The van der Waals surface area contributed by atoms with Crippen LogP contribution in [0.15, 0.2) is 56.8 Å². The van der Waals surface area contributed by atoms with Crippen LogP contribution in [0.25, 0.3) is 5.69 Å². The van der Waals surface area contributed by atoms with Crippen LogP contribution in [0.2, 0.25) is 5.02 Å². The lowest BCUT2D eigenvalue weighted by molar-refractivity contribution is -0.704. The molecule has 0 unspecified atom stereocenters. The number of nitrogens with zero attached hydrogens (tertiary/aromatic N) is 1. The van der Waals surface area contributed by atoms with Crippen molar-refractivity contribution in [3.8, 4) is 5.69 Å². The maximum absolute atomic E-state index is 12.2. The van der Waals surface area contributed by atoms with E-state index in [2.05, 4.69) is 10.6 Å². The third-order valence-corrected chi connectivity index (χ3v) is 5.08. The smallest absolute Gasteiger partial charge is 0.442 e. The average molecular weight is 421 g/mol. The third-order valence-electron chi connectivity index (χ3n) is 3.72. The zero-order chi connectivity index (χ0) is 20.3. The van der Waals surface area contributed by atoms with Gasteiger partial charge in [-0.2, -0.15) is 0 Å². The van der Waals surface area contributed by atoms with Gasteiger partial charge in [-0.25, -0.2) is 9.59 Å². The third kappa shape index (κ3) is 4.44. The Kier molecular flexibility index (Phi) is 5.86. The Morgan fingerprint density at radius 2 is 1.96 bits per heavy atom. The van der Waals surface area contributed by atoms with Crippen molar-refractivity contribution in [2.45, 2.75) is 11.9 Å². The fourth-order valence-corrected chi connectivity index (χ4v) is 3.32. The van der Waals surface area contributed by atoms with Gasteiger partial charge >= 0.3 is 16.6 Å². The molecule has 3 rings (SSSR count). The van der Waals surface area contributed by atoms with Crippen LogP contribution in [0, 0.1) is 6.92 Å². The number of aryl methyl sites for hydroxylation is 1. The Balaban J connectivity index is 1.71. The predicted molar refractivity (Wildman–Crippen MR) is 103 cm³/mol. The lowest BCUT2D eigenvalue weighted by Gasteiger charge is -2.06. The van der Waals surface area contributed by atoms with E-state index < -0.39 is 17.5 Å². The summed E-state index contributed by atoms with van der Waals surface area (Å²) in [6, 6.07) is 11.5. The molecule has 1 heterocycles. The molecule has 3 aromatic rings. The van der Waals surface area contributed by atoms with Gasteiger partial charge in [-0.3, -0.25) is 9.32 Å². The van der Waals surface area contributed by atoms with E-state index in [4.69, 9.17) is 21.2 Å². The first-order chi connectivity index (χ1) is 13.3. The molecule has 3 N–H and O–H groups in total. The molecule has 0 aliphatic rings. The number of carboxylic acids is 1. The molecule has 1 amide bonds. The number of hydrogen-bond donors (Lipinski definition) is 3. The van der Waals surface area contributed by atoms with Crippen molar-refractivity contribution < 1.29 is 23.9 Å². The Morgan fingerprint density at radius 1 is 1.25 bits per heavy atom. The molecule has 0 atom stereocenters. The molecule has 8 nitrogen and oxygen atoms in total. The van der Waals surface area contributed by atoms with E-state index in [1.165, 1.54) is 22.9 Å². The summed E-state index contributed by atoms with van der Waals surface area (Å²) in [4.78, 5) is 35.3. The fourth-order valence-electron chi connectivity index (χ4n) is 2.35. The van der Waals surface area contributed by atoms with Crippen molar-refractivity contribution in [2.24, 2.45) is 0 Å². The number of halogens is 1. The predicted octanol–water partition coefficient (Wildman–Crippen LogP) is 2.64. The van der Waals surface area contributed by atoms with Gasteiger partial charge in [0, 0.05) is 17.8 Å². The molecule has 0 bridgehead atoms. The van der Waals surface area contributed by atoms with E-state index in [9.17, 15) is 14.4 Å². The molecule has 0 aliphatic heterocycles. The Bertz CT molecular complexity index is 1090. The van der Waals surface area contributed by atoms with Crippen molar-refractivity contribution in [1.82, 2.24) is 5.27 Å². The van der Waals surface area contributed by atoms with Crippen LogP contribution < -0.4 is 15.6 Å². The van der Waals surface area contributed by atoms with Gasteiger partial charge in [0.15, 0.2) is 0 Å². The number of amides is 1. The summed E-state index contributed by atoms with van der Waals surface area (Å²) in [5.41, 5.74) is 1.32. The zero-order valence-electron chi connectivity index (χ0n) is 14.6. The summed E-state index contributed by atoms with van der Waals surface area (Å²) < 4.78 is 6.29. The number of aromatic nitrogens is 2. The fraction of sp³-hybridized carbons (Fsp3) is 0.111. The minimum Gasteiger partial charge on any atom is -0.478 e. The number of carbonyl (C=O) groups excluding carboxylic acids is 1. The van der Waals surface area contributed by atoms with E-state index in [1.54, 1.807) is 0 Å². The number of nitrogens with one attached hydrogen (secondary N) is 2. The highest BCUT2D eigenvalue weighted by atomic mass is 35.5. The minimum atomic E-state index is -1.19. The maximum Gasteiger partial charge on any atom is 0.442 e. The summed E-state index contributed by atoms with van der Waals surface area (Å²) >= 11 is 6.80. The van der Waals surface area contributed by atoms with Gasteiger partial charge in [-0.05, 0) is 46.8 Å². The Morgan fingerprint density at radius 3 is 2.64 bits per heavy atom. The summed E-state index contributed by atoms with van der Waals surface area (Å²) in [6.07, 6.45) is 0. The second-order valence-corrected chi connectivity index (χ2v) is 7.16. The molecule has 0 fully saturated rings. The van der Waals surface area contributed by atoms with Crippen LogP contribution in [-0.4, -0.2) is 28.0 Å². The summed E-state index contributed by atoms with van der Waals surface area (Å²) in [7, 11) is 0. The SMILES string of the molecule is Cc1ccc(-[n+]2[nH]oc(=O)c2SCC(=O)Nc2ccc(Cl)c(C(=O)O)c2)cc1. The topological polar surface area (TPSA) is 116 Å². The highest BCUT2D eigenvalue weighted by molar-refractivity contribution is 7.99. The number of anilines is 1. The quantitative estimate of drug-likeness (QED) is 0.417. The van der Waals surface area contributed by atoms with Crippen LogP contribution in [-0.2, 0) is 4.79 Å². The lowest BCUT2D eigenvalue weighted by Crippen LogP contribution is -2.36. The van der Waals surface area contributed by atoms with Crippen molar-refractivity contribution in [1.29, 1.82) is 0 Å². The van der Waals surface area contributed by atoms with Crippen molar-refractivity contribution in [3.63, 3.8) is 0 Å². The monoisotopic (exact) mass is 420 g/mol. The number of carbonyl (C=O) groups is 2. The lowest BCUT2D eigenvalue weighted by atomic mass is 10.2. The standard InChI is InChI=1S/C18H14ClN3O5S/c1-10-2-5-12(6-3-10)22-16(18(26)27-21-22)28-9-15(23)20-11-4-7-14(19)13(8-11)17(24)25/h2-8H,9H2,1H3,(H2-,20,21,23,24,25,26)/p+1. The number of hydrogen-bond acceptors (Lipinski definition) is 5. The van der Waals surface area contributed by atoms with Crippen molar-refractivity contribution in [2.75, 3.05) is 11.1 Å². The number of carboxylic acid groups (broad SMARTS) is 1. The van der Waals surface area contributed by atoms with Gasteiger partial charge in [-0.1, -0.05) is 29.3 Å². The van der Waals surface area contributed by atoms with E-state index in [0.29, 0.717) is 11.4 Å². The summed E-state index contributed by atoms with van der Waals surface area (Å²) in [5.74, 6) is -1.70. The molecule has 2 aromatic carbocycles. The molecule has 28 heavy (non-hydrogen) atoms. The largest absolute Gasteiger partial charge is 0.478 e. The first kappa shape index (κ1) is 19.7. The number of H-pyrrole nitrogens is 1. The van der Waals surface area contributed by atoms with Crippen LogP contribution in [0.5, 0.6) is 0 Å². The number of rotatable bonds is 6. The Hall–Kier alpha value is -3.04. The number of aromatic amines is 1. The van der Waals surface area contributed by atoms with Gasteiger partial charge in [0.1, 0.15) is 0 Å². The molecule has 10 heteroatoms. The van der Waals surface area contributed by atoms with Crippen LogP contribution >= 0.6 is 23.4 Å². The molecule has 0 radical (unpaired) electrons. The van der Waals surface area contributed by atoms with Crippen molar-refractivity contribution >= 4 is 40.9 Å². The minimum absolute atomic E-state index is 0.0731. The second kappa shape index (κ2) is 8.32. The summed E-state index contributed by atoms with van der Waals surface area (Å²) in [6.45, 7) is 1.94. The first-order valence-electron chi connectivity index (χ1n) is 8.01. The van der Waals surface area contributed by atoms with Crippen LogP contribution in [0.1, 0.15) is 15.9 Å². The van der Waals surface area contributed by atoms with Gasteiger partial charge in [-0.15, -0.1) is 0 Å². The van der Waals surface area contributed by atoms with E-state index in [-0.39, 0.29) is 21.4 Å².